The summed E-state index contributed by atoms with van der Waals surface area (Å²) in [6.07, 6.45) is 0.643. The lowest BCUT2D eigenvalue weighted by molar-refractivity contribution is -0.119. The van der Waals surface area contributed by atoms with Crippen LogP contribution in [0.5, 0.6) is 0 Å². The highest BCUT2D eigenvalue weighted by atomic mass is 16.2. The van der Waals surface area contributed by atoms with Gasteiger partial charge in [-0.3, -0.25) is 4.79 Å². The number of para-hydroxylation sites is 1. The van der Waals surface area contributed by atoms with Crippen molar-refractivity contribution in [2.24, 2.45) is 5.73 Å². The molecule has 0 unspecified atom stereocenters. The summed E-state index contributed by atoms with van der Waals surface area (Å²) in [4.78, 5) is 14.0. The van der Waals surface area contributed by atoms with E-state index in [0.717, 1.165) is 5.69 Å². The first kappa shape index (κ1) is 12.9. The highest BCUT2D eigenvalue weighted by Crippen LogP contribution is 2.37. The predicted molar refractivity (Wildman–Crippen MR) is 80.7 cm³/mol. The fourth-order valence-corrected chi connectivity index (χ4v) is 2.94. The van der Waals surface area contributed by atoms with Crippen molar-refractivity contribution < 1.29 is 4.79 Å². The van der Waals surface area contributed by atoms with Gasteiger partial charge < -0.3 is 10.6 Å². The fourth-order valence-electron chi connectivity index (χ4n) is 2.94. The van der Waals surface area contributed by atoms with Crippen molar-refractivity contribution in [3.63, 3.8) is 0 Å². The van der Waals surface area contributed by atoms with Crippen LogP contribution in [0.4, 0.5) is 5.69 Å². The van der Waals surface area contributed by atoms with Gasteiger partial charge in [0.1, 0.15) is 0 Å². The van der Waals surface area contributed by atoms with Crippen molar-refractivity contribution in [2.75, 3.05) is 11.9 Å². The molecule has 2 aromatic rings. The van der Waals surface area contributed by atoms with Crippen LogP contribution in [0.1, 0.15) is 23.5 Å². The van der Waals surface area contributed by atoms with Crippen molar-refractivity contribution in [3.05, 3.63) is 65.7 Å². The van der Waals surface area contributed by atoms with Crippen LogP contribution in [0.25, 0.3) is 0 Å². The summed E-state index contributed by atoms with van der Waals surface area (Å²) in [7, 11) is 1.80. The van der Waals surface area contributed by atoms with Crippen LogP contribution in [-0.4, -0.2) is 19.0 Å². The zero-order valence-electron chi connectivity index (χ0n) is 11.5. The maximum absolute atomic E-state index is 12.3. The van der Waals surface area contributed by atoms with Crippen LogP contribution in [0.2, 0.25) is 0 Å². The fraction of sp³-hybridized carbons (Fsp3) is 0.235. The van der Waals surface area contributed by atoms with Gasteiger partial charge in [0.2, 0.25) is 5.91 Å². The van der Waals surface area contributed by atoms with Gasteiger partial charge in [-0.1, -0.05) is 48.5 Å². The van der Waals surface area contributed by atoms with Crippen molar-refractivity contribution in [1.29, 1.82) is 0 Å². The molecule has 2 N–H and O–H groups in total. The Kier molecular flexibility index (Phi) is 3.28. The number of hydrogen-bond donors (Lipinski definition) is 1. The second-order valence-electron chi connectivity index (χ2n) is 5.26. The Hall–Kier alpha value is -2.13. The van der Waals surface area contributed by atoms with E-state index in [9.17, 15) is 4.79 Å². The van der Waals surface area contributed by atoms with Gasteiger partial charge in [0, 0.05) is 18.7 Å². The minimum absolute atomic E-state index is 0.0177. The molecule has 2 atom stereocenters. The van der Waals surface area contributed by atoms with Crippen molar-refractivity contribution in [1.82, 2.24) is 0 Å². The van der Waals surface area contributed by atoms with Gasteiger partial charge in [0.05, 0.1) is 6.04 Å². The van der Waals surface area contributed by atoms with Gasteiger partial charge >= 0.3 is 0 Å². The molecule has 2 aromatic carbocycles. The number of amides is 1. The number of fused-ring (bicyclic) bond motifs is 1. The molecule has 3 nitrogen and oxygen atoms in total. The highest BCUT2D eigenvalue weighted by Gasteiger charge is 2.31. The zero-order valence-corrected chi connectivity index (χ0v) is 11.5. The highest BCUT2D eigenvalue weighted by molar-refractivity contribution is 5.98. The van der Waals surface area contributed by atoms with E-state index in [1.54, 1.807) is 11.9 Å². The SMILES string of the molecule is CN1C(=O)[C@@H](N)C[C@@H](c2ccccc2)c2ccccc21. The molecule has 1 aliphatic heterocycles. The monoisotopic (exact) mass is 266 g/mol. The first-order chi connectivity index (χ1) is 9.68. The second-order valence-corrected chi connectivity index (χ2v) is 5.26. The molecular formula is C17H18N2O. The Bertz CT molecular complexity index is 624. The van der Waals surface area contributed by atoms with Gasteiger partial charge in [0.25, 0.3) is 0 Å². The quantitative estimate of drug-likeness (QED) is 0.862. The van der Waals surface area contributed by atoms with Crippen LogP contribution in [0, 0.1) is 0 Å². The van der Waals surface area contributed by atoms with Crippen LogP contribution in [0.3, 0.4) is 0 Å². The van der Waals surface area contributed by atoms with E-state index >= 15 is 0 Å². The minimum atomic E-state index is -0.461. The summed E-state index contributed by atoms with van der Waals surface area (Å²) in [5, 5.41) is 0. The number of likely N-dealkylation sites (N-methyl/N-ethyl adjacent to an activating group) is 1. The minimum Gasteiger partial charge on any atom is -0.320 e. The first-order valence-electron chi connectivity index (χ1n) is 6.85. The molecule has 0 bridgehead atoms. The van der Waals surface area contributed by atoms with Crippen molar-refractivity contribution in [3.8, 4) is 0 Å². The van der Waals surface area contributed by atoms with Gasteiger partial charge in [-0.05, 0) is 23.6 Å². The van der Waals surface area contributed by atoms with Crippen LogP contribution in [-0.2, 0) is 4.79 Å². The number of rotatable bonds is 1. The van der Waals surface area contributed by atoms with E-state index < -0.39 is 6.04 Å². The molecule has 0 spiro atoms. The number of carbonyl (C=O) groups excluding carboxylic acids is 1. The lowest BCUT2D eigenvalue weighted by Crippen LogP contribution is -2.40. The number of hydrogen-bond acceptors (Lipinski definition) is 2. The maximum atomic E-state index is 12.3. The van der Waals surface area contributed by atoms with Gasteiger partial charge in [-0.2, -0.15) is 0 Å². The number of benzene rings is 2. The molecule has 0 fully saturated rings. The second kappa shape index (κ2) is 5.10. The third-order valence-electron chi connectivity index (χ3n) is 4.01. The predicted octanol–water partition coefficient (Wildman–Crippen LogP) is 2.51. The van der Waals surface area contributed by atoms with E-state index in [2.05, 4.69) is 18.2 Å². The number of anilines is 1. The zero-order chi connectivity index (χ0) is 14.1. The van der Waals surface area contributed by atoms with Gasteiger partial charge in [-0.15, -0.1) is 0 Å². The average Bonchev–Trinajstić information content (AvgIpc) is 2.60. The first-order valence-corrected chi connectivity index (χ1v) is 6.85. The molecule has 3 heteroatoms. The lowest BCUT2D eigenvalue weighted by Gasteiger charge is -2.20. The summed E-state index contributed by atoms with van der Waals surface area (Å²) >= 11 is 0. The maximum Gasteiger partial charge on any atom is 0.243 e. The normalized spacial score (nSPS) is 22.3. The molecular weight excluding hydrogens is 248 g/mol. The van der Waals surface area contributed by atoms with Gasteiger partial charge in [0.15, 0.2) is 0 Å². The van der Waals surface area contributed by atoms with E-state index in [0.29, 0.717) is 6.42 Å². The molecule has 20 heavy (non-hydrogen) atoms. The number of carbonyl (C=O) groups is 1. The molecule has 1 heterocycles. The Morgan fingerprint density at radius 3 is 2.45 bits per heavy atom. The van der Waals surface area contributed by atoms with Crippen LogP contribution < -0.4 is 10.6 Å². The molecule has 0 saturated carbocycles. The Morgan fingerprint density at radius 1 is 1.05 bits per heavy atom. The Balaban J connectivity index is 2.15. The third kappa shape index (κ3) is 2.10. The summed E-state index contributed by atoms with van der Waals surface area (Å²) < 4.78 is 0. The summed E-state index contributed by atoms with van der Waals surface area (Å²) in [6, 6.07) is 17.9. The van der Waals surface area contributed by atoms with E-state index in [1.165, 1.54) is 11.1 Å². The number of nitrogens with zero attached hydrogens (tertiary/aromatic N) is 1. The molecule has 102 valence electrons. The van der Waals surface area contributed by atoms with Crippen LogP contribution >= 0.6 is 0 Å². The lowest BCUT2D eigenvalue weighted by atomic mass is 9.86. The standard InChI is InChI=1S/C17H18N2O/c1-19-16-10-6-5-9-13(16)14(11-15(18)17(19)20)12-7-3-2-4-8-12/h2-10,14-15H,11,18H2,1H3/t14-,15-/m0/s1. The largest absolute Gasteiger partial charge is 0.320 e. The average molecular weight is 266 g/mol. The summed E-state index contributed by atoms with van der Waals surface area (Å²) in [5.74, 6) is 0.146. The van der Waals surface area contributed by atoms with Crippen LogP contribution in [0.15, 0.2) is 54.6 Å². The molecule has 3 rings (SSSR count). The third-order valence-corrected chi connectivity index (χ3v) is 4.01. The van der Waals surface area contributed by atoms with E-state index in [4.69, 9.17) is 5.73 Å². The Morgan fingerprint density at radius 2 is 1.70 bits per heavy atom. The molecule has 0 saturated heterocycles. The van der Waals surface area contributed by atoms with E-state index in [1.807, 2.05) is 36.4 Å². The van der Waals surface area contributed by atoms with E-state index in [-0.39, 0.29) is 11.8 Å². The molecule has 0 aliphatic carbocycles. The molecule has 0 aromatic heterocycles. The number of nitrogens with two attached hydrogens (primary N) is 1. The molecule has 0 radical (unpaired) electrons. The topological polar surface area (TPSA) is 46.3 Å². The Labute approximate surface area is 119 Å². The molecule has 1 amide bonds. The van der Waals surface area contributed by atoms with Gasteiger partial charge in [-0.25, -0.2) is 0 Å². The van der Waals surface area contributed by atoms with Crippen molar-refractivity contribution in [2.45, 2.75) is 18.4 Å². The smallest absolute Gasteiger partial charge is 0.243 e. The summed E-state index contributed by atoms with van der Waals surface area (Å²) in [6.45, 7) is 0. The summed E-state index contributed by atoms with van der Waals surface area (Å²) in [5.41, 5.74) is 9.42. The molecule has 1 aliphatic rings. The van der Waals surface area contributed by atoms with Crippen molar-refractivity contribution >= 4 is 11.6 Å².